The van der Waals surface area contributed by atoms with E-state index in [1.54, 1.807) is 17.8 Å². The van der Waals surface area contributed by atoms with Gasteiger partial charge in [0, 0.05) is 32.2 Å². The van der Waals surface area contributed by atoms with Crippen LogP contribution in [0, 0.1) is 0 Å². The Morgan fingerprint density at radius 1 is 1.15 bits per heavy atom. The number of aromatic nitrogens is 4. The minimum Gasteiger partial charge on any atom is -0.351 e. The van der Waals surface area contributed by atoms with Crippen LogP contribution in [-0.2, 0) is 17.1 Å². The van der Waals surface area contributed by atoms with E-state index in [-0.39, 0.29) is 17.8 Å². The van der Waals surface area contributed by atoms with Crippen LogP contribution in [0.3, 0.4) is 0 Å². The molecule has 0 amide bonds. The number of anilines is 1. The minimum atomic E-state index is -3.13. The van der Waals surface area contributed by atoms with E-state index in [4.69, 9.17) is 0 Å². The van der Waals surface area contributed by atoms with Gasteiger partial charge in [-0.05, 0) is 25.7 Å². The lowest BCUT2D eigenvalue weighted by atomic mass is 10.1. The summed E-state index contributed by atoms with van der Waals surface area (Å²) in [6, 6.07) is 0.331. The van der Waals surface area contributed by atoms with Crippen LogP contribution in [0.15, 0.2) is 11.0 Å². The van der Waals surface area contributed by atoms with Crippen LogP contribution in [-0.4, -0.2) is 57.2 Å². The van der Waals surface area contributed by atoms with Crippen LogP contribution in [0.1, 0.15) is 44.6 Å². The number of nitrogens with zero attached hydrogens (tertiary/aromatic N) is 5. The summed E-state index contributed by atoms with van der Waals surface area (Å²) in [6.45, 7) is 0.994. The highest BCUT2D eigenvalue weighted by molar-refractivity contribution is 7.88. The Labute approximate surface area is 158 Å². The molecule has 2 fully saturated rings. The number of sulfonamides is 1. The molecule has 0 aromatic carbocycles. The van der Waals surface area contributed by atoms with E-state index in [1.165, 1.54) is 10.6 Å². The van der Waals surface area contributed by atoms with Crippen LogP contribution in [0.2, 0.25) is 0 Å². The second-order valence-electron chi connectivity index (χ2n) is 7.63. The van der Waals surface area contributed by atoms with E-state index >= 15 is 0 Å². The van der Waals surface area contributed by atoms with Gasteiger partial charge in [-0.3, -0.25) is 9.13 Å². The fourth-order valence-corrected chi connectivity index (χ4v) is 5.09. The first-order valence-electron chi connectivity index (χ1n) is 9.50. The Kier molecular flexibility index (Phi) is 4.71. The number of rotatable bonds is 4. The molecule has 0 radical (unpaired) electrons. The Hall–Kier alpha value is -1.94. The molecule has 1 aliphatic carbocycles. The van der Waals surface area contributed by atoms with Crippen molar-refractivity contribution in [2.75, 3.05) is 24.7 Å². The number of hydrogen-bond acceptors (Lipinski definition) is 6. The topological polar surface area (TPSA) is 102 Å². The lowest BCUT2D eigenvalue weighted by Gasteiger charge is -2.30. The quantitative estimate of drug-likeness (QED) is 0.833. The molecule has 4 rings (SSSR count). The maximum atomic E-state index is 12.7. The maximum absolute atomic E-state index is 12.7. The van der Waals surface area contributed by atoms with Crippen LogP contribution in [0.4, 0.5) is 5.95 Å². The first kappa shape index (κ1) is 18.4. The summed E-state index contributed by atoms with van der Waals surface area (Å²) in [5.41, 5.74) is 1.38. The molecule has 2 aliphatic rings. The number of piperidine rings is 1. The van der Waals surface area contributed by atoms with Gasteiger partial charge in [0.2, 0.25) is 16.0 Å². The molecule has 1 saturated carbocycles. The van der Waals surface area contributed by atoms with Gasteiger partial charge in [0.1, 0.15) is 5.52 Å². The number of aryl methyl sites for hydroxylation is 1. The summed E-state index contributed by atoms with van der Waals surface area (Å²) < 4.78 is 28.2. The van der Waals surface area contributed by atoms with Gasteiger partial charge in [-0.15, -0.1) is 0 Å². The monoisotopic (exact) mass is 394 g/mol. The fraction of sp³-hybridized carbons (Fsp3) is 0.706. The Morgan fingerprint density at radius 3 is 2.44 bits per heavy atom. The highest BCUT2D eigenvalue weighted by Gasteiger charge is 2.27. The van der Waals surface area contributed by atoms with Gasteiger partial charge in [0.25, 0.3) is 0 Å². The molecule has 9 nitrogen and oxygen atoms in total. The van der Waals surface area contributed by atoms with Crippen LogP contribution in [0.5, 0.6) is 0 Å². The smallest absolute Gasteiger partial charge is 0.330 e. The largest absolute Gasteiger partial charge is 0.351 e. The van der Waals surface area contributed by atoms with E-state index in [2.05, 4.69) is 15.3 Å². The summed E-state index contributed by atoms with van der Waals surface area (Å²) in [5, 5.41) is 3.32. The zero-order valence-corrected chi connectivity index (χ0v) is 16.6. The van der Waals surface area contributed by atoms with E-state index in [0.29, 0.717) is 37.5 Å². The summed E-state index contributed by atoms with van der Waals surface area (Å²) >= 11 is 0. The normalized spacial score (nSPS) is 20.5. The van der Waals surface area contributed by atoms with Crippen molar-refractivity contribution in [3.8, 4) is 0 Å². The molecule has 0 bridgehead atoms. The van der Waals surface area contributed by atoms with Gasteiger partial charge >= 0.3 is 5.69 Å². The van der Waals surface area contributed by atoms with Crippen molar-refractivity contribution in [2.24, 2.45) is 7.05 Å². The third-order valence-corrected chi connectivity index (χ3v) is 7.08. The minimum absolute atomic E-state index is 0.0372. The molecule has 148 valence electrons. The zero-order chi connectivity index (χ0) is 19.2. The van der Waals surface area contributed by atoms with Crippen molar-refractivity contribution < 1.29 is 8.42 Å². The predicted octanol–water partition coefficient (Wildman–Crippen LogP) is 1.08. The first-order chi connectivity index (χ1) is 12.8. The SMILES string of the molecule is Cn1c(=O)n(C2CCCC2)c2nc(NC3CCN(S(C)(=O)=O)CC3)ncc21. The summed E-state index contributed by atoms with van der Waals surface area (Å²) in [5.74, 6) is 0.498. The molecular weight excluding hydrogens is 368 g/mol. The van der Waals surface area contributed by atoms with Crippen molar-refractivity contribution in [3.05, 3.63) is 16.7 Å². The standard InChI is InChI=1S/C17H26N6O3S/c1-21-14-11-18-16(19-12-7-9-22(10-8-12)27(2,25)26)20-15(14)23(17(21)24)13-5-3-4-6-13/h11-13H,3-10H2,1-2H3,(H,18,19,20). The molecule has 2 aromatic heterocycles. The van der Waals surface area contributed by atoms with Gasteiger partial charge in [-0.25, -0.2) is 22.5 Å². The highest BCUT2D eigenvalue weighted by Crippen LogP contribution is 2.30. The fourth-order valence-electron chi connectivity index (χ4n) is 4.21. The van der Waals surface area contributed by atoms with Gasteiger partial charge in [-0.1, -0.05) is 12.8 Å². The molecule has 0 spiro atoms. The second-order valence-corrected chi connectivity index (χ2v) is 9.62. The third-order valence-electron chi connectivity index (χ3n) is 5.78. The Balaban J connectivity index is 1.57. The lowest BCUT2D eigenvalue weighted by molar-refractivity contribution is 0.331. The first-order valence-corrected chi connectivity index (χ1v) is 11.3. The number of imidazole rings is 1. The molecule has 10 heteroatoms. The zero-order valence-electron chi connectivity index (χ0n) is 15.8. The Morgan fingerprint density at radius 2 is 1.81 bits per heavy atom. The van der Waals surface area contributed by atoms with Crippen molar-refractivity contribution in [3.63, 3.8) is 0 Å². The third kappa shape index (κ3) is 3.47. The van der Waals surface area contributed by atoms with E-state index in [0.717, 1.165) is 31.2 Å². The van der Waals surface area contributed by atoms with Gasteiger partial charge in [-0.2, -0.15) is 4.98 Å². The molecule has 1 N–H and O–H groups in total. The van der Waals surface area contributed by atoms with Gasteiger partial charge in [0.05, 0.1) is 12.5 Å². The van der Waals surface area contributed by atoms with Gasteiger partial charge < -0.3 is 5.32 Å². The van der Waals surface area contributed by atoms with Crippen molar-refractivity contribution in [2.45, 2.75) is 50.6 Å². The van der Waals surface area contributed by atoms with Crippen molar-refractivity contribution in [1.82, 2.24) is 23.4 Å². The summed E-state index contributed by atoms with van der Waals surface area (Å²) in [6.07, 6.45) is 8.66. The number of hydrogen-bond donors (Lipinski definition) is 1. The van der Waals surface area contributed by atoms with Crippen LogP contribution >= 0.6 is 0 Å². The molecule has 1 aliphatic heterocycles. The average molecular weight is 395 g/mol. The molecule has 1 saturated heterocycles. The maximum Gasteiger partial charge on any atom is 0.330 e. The Bertz CT molecular complexity index is 998. The van der Waals surface area contributed by atoms with Gasteiger partial charge in [0.15, 0.2) is 5.65 Å². The second kappa shape index (κ2) is 6.90. The highest BCUT2D eigenvalue weighted by atomic mass is 32.2. The summed E-state index contributed by atoms with van der Waals surface area (Å²) in [4.78, 5) is 21.7. The molecule has 2 aromatic rings. The van der Waals surface area contributed by atoms with Crippen molar-refractivity contribution in [1.29, 1.82) is 0 Å². The summed E-state index contributed by atoms with van der Waals surface area (Å²) in [7, 11) is -1.38. The average Bonchev–Trinajstić information content (AvgIpc) is 3.22. The van der Waals surface area contributed by atoms with Crippen molar-refractivity contribution >= 4 is 27.1 Å². The molecule has 0 atom stereocenters. The van der Waals surface area contributed by atoms with E-state index in [1.807, 2.05) is 4.57 Å². The number of fused-ring (bicyclic) bond motifs is 1. The molecular formula is C17H26N6O3S. The number of nitrogens with one attached hydrogen (secondary N) is 1. The van der Waals surface area contributed by atoms with Crippen LogP contribution in [0.25, 0.3) is 11.2 Å². The molecule has 27 heavy (non-hydrogen) atoms. The molecule has 0 unspecified atom stereocenters. The van der Waals surface area contributed by atoms with E-state index < -0.39 is 10.0 Å². The van der Waals surface area contributed by atoms with Crippen LogP contribution < -0.4 is 11.0 Å². The molecule has 3 heterocycles. The predicted molar refractivity (Wildman–Crippen MR) is 103 cm³/mol. The van der Waals surface area contributed by atoms with E-state index in [9.17, 15) is 13.2 Å². The lowest BCUT2D eigenvalue weighted by Crippen LogP contribution is -2.42.